The van der Waals surface area contributed by atoms with E-state index in [-0.39, 0.29) is 0 Å². The van der Waals surface area contributed by atoms with Gasteiger partial charge in [-0.25, -0.2) is 17.9 Å². The molecule has 1 heterocycles. The summed E-state index contributed by atoms with van der Waals surface area (Å²) in [6.45, 7) is 0.332. The van der Waals surface area contributed by atoms with E-state index in [4.69, 9.17) is 4.89 Å². The van der Waals surface area contributed by atoms with Crippen LogP contribution in [-0.2, 0) is 13.6 Å². The summed E-state index contributed by atoms with van der Waals surface area (Å²) in [6.07, 6.45) is -4.78. The van der Waals surface area contributed by atoms with Gasteiger partial charge in [-0.2, -0.15) is 17.6 Å². The number of rotatable bonds is 1. The van der Waals surface area contributed by atoms with Gasteiger partial charge in [-0.3, -0.25) is 4.52 Å². The Morgan fingerprint density at radius 2 is 1.75 bits per heavy atom. The lowest BCUT2D eigenvalue weighted by atomic mass is 9.90. The molecule has 0 amide bonds. The van der Waals surface area contributed by atoms with E-state index in [0.717, 1.165) is 13.8 Å². The van der Waals surface area contributed by atoms with E-state index < -0.39 is 50.6 Å². The van der Waals surface area contributed by atoms with E-state index in [2.05, 4.69) is 9.05 Å². The molecule has 1 rings (SSSR count). The van der Waals surface area contributed by atoms with Crippen molar-refractivity contribution in [3.05, 3.63) is 0 Å². The first-order valence-electron chi connectivity index (χ1n) is 5.54. The molecule has 1 N–H and O–H groups in total. The molecule has 1 saturated heterocycles. The third-order valence-corrected chi connectivity index (χ3v) is 3.86. The minimum absolute atomic E-state index is 0.717. The summed E-state index contributed by atoms with van der Waals surface area (Å²) in [5.41, 5.74) is 0. The van der Waals surface area contributed by atoms with E-state index >= 15 is 0 Å². The first-order valence-corrected chi connectivity index (χ1v) is 7.04. The maximum atomic E-state index is 14.2. The summed E-state index contributed by atoms with van der Waals surface area (Å²) < 4.78 is 101. The summed E-state index contributed by atoms with van der Waals surface area (Å²) in [6, 6.07) is 0. The highest BCUT2D eigenvalue weighted by Gasteiger charge is 2.76. The van der Waals surface area contributed by atoms with Gasteiger partial charge in [0, 0.05) is 12.3 Å². The summed E-state index contributed by atoms with van der Waals surface area (Å²) in [5, 5.41) is 0. The van der Waals surface area contributed by atoms with Gasteiger partial charge in [-0.05, 0) is 0 Å². The van der Waals surface area contributed by atoms with Crippen LogP contribution in [0.1, 0.15) is 20.3 Å². The van der Waals surface area contributed by atoms with Gasteiger partial charge in [0.2, 0.25) is 0 Å². The van der Waals surface area contributed by atoms with E-state index in [1.807, 2.05) is 0 Å². The van der Waals surface area contributed by atoms with Gasteiger partial charge in [-0.15, -0.1) is 0 Å². The van der Waals surface area contributed by atoms with Gasteiger partial charge in [0.1, 0.15) is 0 Å². The van der Waals surface area contributed by atoms with Crippen LogP contribution < -0.4 is 0 Å². The van der Waals surface area contributed by atoms with Gasteiger partial charge >= 0.3 is 19.7 Å². The third-order valence-electron chi connectivity index (χ3n) is 2.86. The predicted octanol–water partition coefficient (Wildman–Crippen LogP) is 3.45. The van der Waals surface area contributed by atoms with Crippen molar-refractivity contribution in [1.82, 2.24) is 0 Å². The Kier molecular flexibility index (Phi) is 4.57. The summed E-state index contributed by atoms with van der Waals surface area (Å²) in [7, 11) is -5.38. The molecule has 0 spiro atoms. The van der Waals surface area contributed by atoms with Crippen LogP contribution in [0.25, 0.3) is 0 Å². The maximum Gasteiger partial charge on any atom is 0.475 e. The first-order chi connectivity index (χ1) is 8.78. The highest BCUT2D eigenvalue weighted by Crippen LogP contribution is 2.59. The number of phosphoric acid groups is 1. The molecule has 0 bridgehead atoms. The molecule has 11 heteroatoms. The Hall–Kier alpha value is -0.310. The molecule has 0 aromatic carbocycles. The van der Waals surface area contributed by atoms with E-state index in [9.17, 15) is 30.9 Å². The minimum atomic E-state index is -5.67. The van der Waals surface area contributed by atoms with Crippen molar-refractivity contribution < 1.29 is 44.8 Å². The van der Waals surface area contributed by atoms with Crippen molar-refractivity contribution in [2.45, 2.75) is 44.1 Å². The largest absolute Gasteiger partial charge is 0.475 e. The zero-order valence-electron chi connectivity index (χ0n) is 10.5. The number of hydrogen-bond donors (Lipinski definition) is 1. The van der Waals surface area contributed by atoms with Crippen LogP contribution in [0.3, 0.4) is 0 Å². The first kappa shape index (κ1) is 17.7. The van der Waals surface area contributed by atoms with Crippen molar-refractivity contribution >= 4 is 7.82 Å². The van der Waals surface area contributed by atoms with Crippen LogP contribution in [-0.4, -0.2) is 35.4 Å². The molecule has 0 radical (unpaired) electrons. The third kappa shape index (κ3) is 2.70. The quantitative estimate of drug-likeness (QED) is 0.591. The average Bonchev–Trinajstić information content (AvgIpc) is 2.27. The van der Waals surface area contributed by atoms with Crippen LogP contribution in [0.15, 0.2) is 0 Å². The van der Waals surface area contributed by atoms with Crippen molar-refractivity contribution in [3.63, 3.8) is 0 Å². The minimum Gasteiger partial charge on any atom is -0.302 e. The molecule has 0 aromatic rings. The van der Waals surface area contributed by atoms with Gasteiger partial charge < -0.3 is 4.89 Å². The molecule has 20 heavy (non-hydrogen) atoms. The Balaban J connectivity index is 3.44. The lowest BCUT2D eigenvalue weighted by molar-refractivity contribution is -0.351. The van der Waals surface area contributed by atoms with Crippen molar-refractivity contribution in [2.75, 3.05) is 6.61 Å². The Bertz CT molecular complexity index is 417. The van der Waals surface area contributed by atoms with Crippen molar-refractivity contribution in [2.24, 2.45) is 5.92 Å². The molecule has 1 aliphatic heterocycles. The second-order valence-electron chi connectivity index (χ2n) is 4.65. The van der Waals surface area contributed by atoms with Crippen molar-refractivity contribution in [3.8, 4) is 0 Å². The van der Waals surface area contributed by atoms with E-state index in [1.165, 1.54) is 0 Å². The van der Waals surface area contributed by atoms with Crippen LogP contribution in [0, 0.1) is 5.92 Å². The Morgan fingerprint density at radius 3 is 2.20 bits per heavy atom. The highest BCUT2D eigenvalue weighted by atomic mass is 31.2. The fourth-order valence-electron chi connectivity index (χ4n) is 1.60. The zero-order chi connectivity index (χ0) is 16.0. The van der Waals surface area contributed by atoms with E-state index in [0.29, 0.717) is 0 Å². The van der Waals surface area contributed by atoms with Gasteiger partial charge in [0.25, 0.3) is 5.85 Å². The smallest absolute Gasteiger partial charge is 0.302 e. The van der Waals surface area contributed by atoms with Crippen LogP contribution in [0.2, 0.25) is 0 Å². The Morgan fingerprint density at radius 1 is 1.25 bits per heavy atom. The zero-order valence-corrected chi connectivity index (χ0v) is 11.4. The summed E-state index contributed by atoms with van der Waals surface area (Å²) in [4.78, 5) is 9.05. The standard InChI is InChI=1S/C9H13F6O4P/c1-5(2)8(13)9(14,15)7(11,12)6(10)3-4-18-20(16,17)19-8/h5-6H,3-4H2,1-2H3,(H,16,17). The topological polar surface area (TPSA) is 55.8 Å². The second-order valence-corrected chi connectivity index (χ2v) is 6.02. The average molecular weight is 330 g/mol. The number of halogens is 6. The molecule has 0 aromatic heterocycles. The molecule has 1 aliphatic rings. The number of phosphoric ester groups is 1. The molecular formula is C9H13F6O4P. The lowest BCUT2D eigenvalue weighted by Crippen LogP contribution is -2.62. The molecule has 120 valence electrons. The fourth-order valence-corrected chi connectivity index (χ4v) is 2.65. The summed E-state index contributed by atoms with van der Waals surface area (Å²) in [5.74, 6) is -17.6. The molecule has 1 fully saturated rings. The van der Waals surface area contributed by atoms with Crippen LogP contribution in [0.5, 0.6) is 0 Å². The number of alkyl halides is 6. The lowest BCUT2D eigenvalue weighted by Gasteiger charge is -2.39. The van der Waals surface area contributed by atoms with Gasteiger partial charge in [0.05, 0.1) is 6.61 Å². The van der Waals surface area contributed by atoms with Gasteiger partial charge in [-0.1, -0.05) is 13.8 Å². The highest BCUT2D eigenvalue weighted by molar-refractivity contribution is 7.47. The molecule has 3 atom stereocenters. The van der Waals surface area contributed by atoms with Crippen LogP contribution >= 0.6 is 7.82 Å². The molecule has 3 unspecified atom stereocenters. The van der Waals surface area contributed by atoms with Gasteiger partial charge in [0.15, 0.2) is 6.17 Å². The molecule has 4 nitrogen and oxygen atoms in total. The maximum absolute atomic E-state index is 14.2. The molecule has 0 saturated carbocycles. The molecule has 0 aliphatic carbocycles. The van der Waals surface area contributed by atoms with Crippen molar-refractivity contribution in [1.29, 1.82) is 0 Å². The molecular weight excluding hydrogens is 317 g/mol. The Labute approximate surface area is 110 Å². The van der Waals surface area contributed by atoms with E-state index in [1.54, 1.807) is 0 Å². The fraction of sp³-hybridized carbons (Fsp3) is 1.00. The monoisotopic (exact) mass is 330 g/mol. The van der Waals surface area contributed by atoms with Crippen LogP contribution in [0.4, 0.5) is 26.3 Å². The number of hydrogen-bond acceptors (Lipinski definition) is 3. The second kappa shape index (κ2) is 5.15. The SMILES string of the molecule is CC(C)C1(F)OP(=O)(O)OCCC(F)C(F)(F)C1(F)F. The normalized spacial score (nSPS) is 41.8. The summed E-state index contributed by atoms with van der Waals surface area (Å²) >= 11 is 0. The predicted molar refractivity (Wildman–Crippen MR) is 54.9 cm³/mol.